The molecule has 0 spiro atoms. The van der Waals surface area contributed by atoms with Crippen molar-refractivity contribution >= 4 is 5.78 Å². The number of Topliss-reactive ketones (excluding diaryl/α,β-unsaturated/α-hetero) is 1. The molecule has 1 aromatic carbocycles. The van der Waals surface area contributed by atoms with E-state index in [1.165, 1.54) is 0 Å². The Morgan fingerprint density at radius 1 is 1.29 bits per heavy atom. The molecule has 0 unspecified atom stereocenters. The Bertz CT molecular complexity index is 838. The molecule has 1 heterocycles. The van der Waals surface area contributed by atoms with Crippen molar-refractivity contribution in [2.75, 3.05) is 0 Å². The average molecular weight is 322 g/mol. The molecule has 1 aliphatic carbocycles. The monoisotopic (exact) mass is 322 g/mol. The van der Waals surface area contributed by atoms with Crippen molar-refractivity contribution < 1.29 is 9.53 Å². The number of hydrogen-bond donors (Lipinski definition) is 1. The van der Waals surface area contributed by atoms with Crippen molar-refractivity contribution in [1.29, 1.82) is 5.26 Å². The first-order valence-electron chi connectivity index (χ1n) is 8.14. The lowest BCUT2D eigenvalue weighted by molar-refractivity contribution is -0.119. The SMILES string of the molecule is Cc1ccc([C@H]2C(C#N)=C(N)OC3=C2C(=O)CC(C)(C)C3)c(C)c1. The van der Waals surface area contributed by atoms with Gasteiger partial charge in [0.15, 0.2) is 5.78 Å². The van der Waals surface area contributed by atoms with Crippen LogP contribution in [0.1, 0.15) is 49.3 Å². The zero-order valence-corrected chi connectivity index (χ0v) is 14.6. The number of rotatable bonds is 1. The van der Waals surface area contributed by atoms with E-state index in [1.54, 1.807) is 0 Å². The summed E-state index contributed by atoms with van der Waals surface area (Å²) in [6.45, 7) is 8.11. The predicted molar refractivity (Wildman–Crippen MR) is 91.6 cm³/mol. The van der Waals surface area contributed by atoms with Gasteiger partial charge in [-0.2, -0.15) is 5.26 Å². The van der Waals surface area contributed by atoms with Crippen LogP contribution in [0.3, 0.4) is 0 Å². The van der Waals surface area contributed by atoms with Crippen molar-refractivity contribution in [1.82, 2.24) is 0 Å². The smallest absolute Gasteiger partial charge is 0.205 e. The normalized spacial score (nSPS) is 22.8. The molecule has 2 aliphatic rings. The number of aryl methyl sites for hydroxylation is 2. The fraction of sp³-hybridized carbons (Fsp3) is 0.400. The molecule has 1 atom stereocenters. The fourth-order valence-corrected chi connectivity index (χ4v) is 3.75. The van der Waals surface area contributed by atoms with Crippen molar-refractivity contribution in [3.05, 3.63) is 57.7 Å². The Balaban J connectivity index is 2.22. The van der Waals surface area contributed by atoms with Crippen LogP contribution in [0, 0.1) is 30.6 Å². The molecule has 1 aliphatic heterocycles. The topological polar surface area (TPSA) is 76.1 Å². The van der Waals surface area contributed by atoms with Gasteiger partial charge in [-0.05, 0) is 30.4 Å². The molecule has 0 radical (unpaired) electrons. The minimum Gasteiger partial charge on any atom is -0.444 e. The Morgan fingerprint density at radius 3 is 2.62 bits per heavy atom. The van der Waals surface area contributed by atoms with Crippen LogP contribution in [0.25, 0.3) is 0 Å². The van der Waals surface area contributed by atoms with Crippen LogP contribution in [-0.4, -0.2) is 5.78 Å². The minimum atomic E-state index is -0.428. The van der Waals surface area contributed by atoms with Crippen molar-refractivity contribution in [3.8, 4) is 6.07 Å². The standard InChI is InChI=1S/C20H22N2O2/c1-11-5-6-13(12(2)7-11)17-14(10-21)19(22)24-16-9-20(3,4)8-15(23)18(16)17/h5-7,17H,8-9,22H2,1-4H3/t17-/m0/s1. The molecule has 0 saturated carbocycles. The number of allylic oxidation sites excluding steroid dienone is 3. The van der Waals surface area contributed by atoms with Gasteiger partial charge in [0, 0.05) is 18.4 Å². The maximum atomic E-state index is 12.9. The molecule has 0 aromatic heterocycles. The summed E-state index contributed by atoms with van der Waals surface area (Å²) in [6, 6.07) is 8.21. The molecule has 1 aromatic rings. The third-order valence-electron chi connectivity index (χ3n) is 4.81. The molecule has 4 nitrogen and oxygen atoms in total. The van der Waals surface area contributed by atoms with Crippen LogP contribution in [0.2, 0.25) is 0 Å². The van der Waals surface area contributed by atoms with E-state index >= 15 is 0 Å². The number of nitriles is 1. The van der Waals surface area contributed by atoms with Gasteiger partial charge >= 0.3 is 0 Å². The van der Waals surface area contributed by atoms with Gasteiger partial charge in [0.1, 0.15) is 17.4 Å². The molecule has 2 N–H and O–H groups in total. The largest absolute Gasteiger partial charge is 0.444 e. The summed E-state index contributed by atoms with van der Waals surface area (Å²) in [5, 5.41) is 9.62. The highest BCUT2D eigenvalue weighted by Gasteiger charge is 2.43. The molecular formula is C20H22N2O2. The number of nitrogens with two attached hydrogens (primary N) is 1. The van der Waals surface area contributed by atoms with Crippen LogP contribution in [0.5, 0.6) is 0 Å². The number of benzene rings is 1. The summed E-state index contributed by atoms with van der Waals surface area (Å²) in [5.74, 6) is 0.360. The molecule has 0 saturated heterocycles. The van der Waals surface area contributed by atoms with E-state index < -0.39 is 5.92 Å². The van der Waals surface area contributed by atoms with Crippen LogP contribution in [0.15, 0.2) is 41.0 Å². The third kappa shape index (κ3) is 2.60. The maximum absolute atomic E-state index is 12.9. The number of nitrogens with zero attached hydrogens (tertiary/aromatic N) is 1. The lowest BCUT2D eigenvalue weighted by atomic mass is 9.70. The van der Waals surface area contributed by atoms with E-state index in [0.29, 0.717) is 29.7 Å². The first-order chi connectivity index (χ1) is 11.2. The van der Waals surface area contributed by atoms with E-state index in [4.69, 9.17) is 10.5 Å². The maximum Gasteiger partial charge on any atom is 0.205 e. The molecule has 124 valence electrons. The first-order valence-corrected chi connectivity index (χ1v) is 8.14. The number of carbonyl (C=O) groups is 1. The summed E-state index contributed by atoms with van der Waals surface area (Å²) in [7, 11) is 0. The Labute approximate surface area is 142 Å². The summed E-state index contributed by atoms with van der Waals surface area (Å²) >= 11 is 0. The minimum absolute atomic E-state index is 0.0477. The van der Waals surface area contributed by atoms with Gasteiger partial charge in [0.2, 0.25) is 5.88 Å². The van der Waals surface area contributed by atoms with Crippen LogP contribution >= 0.6 is 0 Å². The Morgan fingerprint density at radius 2 is 2.00 bits per heavy atom. The molecule has 0 fully saturated rings. The molecule has 4 heteroatoms. The second kappa shape index (κ2) is 5.52. The highest BCUT2D eigenvalue weighted by Crippen LogP contribution is 2.48. The number of ketones is 1. The van der Waals surface area contributed by atoms with Gasteiger partial charge in [0.05, 0.1) is 5.92 Å². The highest BCUT2D eigenvalue weighted by atomic mass is 16.5. The van der Waals surface area contributed by atoms with Gasteiger partial charge in [-0.3, -0.25) is 4.79 Å². The van der Waals surface area contributed by atoms with Crippen LogP contribution in [0.4, 0.5) is 0 Å². The fourth-order valence-electron chi connectivity index (χ4n) is 3.75. The summed E-state index contributed by atoms with van der Waals surface area (Å²) < 4.78 is 5.71. The molecule has 3 rings (SSSR count). The van der Waals surface area contributed by atoms with Crippen molar-refractivity contribution in [2.45, 2.75) is 46.5 Å². The lowest BCUT2D eigenvalue weighted by Gasteiger charge is -2.37. The number of hydrogen-bond acceptors (Lipinski definition) is 4. The van der Waals surface area contributed by atoms with Gasteiger partial charge in [0.25, 0.3) is 0 Å². The van der Waals surface area contributed by atoms with E-state index in [1.807, 2.05) is 39.8 Å². The molecule has 0 bridgehead atoms. The predicted octanol–water partition coefficient (Wildman–Crippen LogP) is 3.75. The third-order valence-corrected chi connectivity index (χ3v) is 4.81. The van der Waals surface area contributed by atoms with Crippen molar-refractivity contribution in [2.24, 2.45) is 11.1 Å². The highest BCUT2D eigenvalue weighted by molar-refractivity contribution is 6.00. The molecule has 0 amide bonds. The second-order valence-electron chi connectivity index (χ2n) is 7.56. The zero-order chi connectivity index (χ0) is 17.6. The Kier molecular flexibility index (Phi) is 3.76. The van der Waals surface area contributed by atoms with Crippen LogP contribution in [-0.2, 0) is 9.53 Å². The summed E-state index contributed by atoms with van der Waals surface area (Å²) in [4.78, 5) is 12.9. The van der Waals surface area contributed by atoms with E-state index in [9.17, 15) is 10.1 Å². The van der Waals surface area contributed by atoms with Gasteiger partial charge < -0.3 is 10.5 Å². The second-order valence-corrected chi connectivity index (χ2v) is 7.56. The zero-order valence-electron chi connectivity index (χ0n) is 14.6. The summed E-state index contributed by atoms with van der Waals surface area (Å²) in [6.07, 6.45) is 1.10. The average Bonchev–Trinajstić information content (AvgIpc) is 2.44. The van der Waals surface area contributed by atoms with E-state index in [2.05, 4.69) is 12.1 Å². The van der Waals surface area contributed by atoms with E-state index in [0.717, 1.165) is 16.7 Å². The number of carbonyl (C=O) groups excluding carboxylic acids is 1. The number of ether oxygens (including phenoxy) is 1. The molecule has 24 heavy (non-hydrogen) atoms. The quantitative estimate of drug-likeness (QED) is 0.854. The van der Waals surface area contributed by atoms with E-state index in [-0.39, 0.29) is 17.1 Å². The molecular weight excluding hydrogens is 300 g/mol. The van der Waals surface area contributed by atoms with Gasteiger partial charge in [-0.1, -0.05) is 37.6 Å². The van der Waals surface area contributed by atoms with Crippen LogP contribution < -0.4 is 5.73 Å². The van der Waals surface area contributed by atoms with Gasteiger partial charge in [-0.25, -0.2) is 0 Å². The Hall–Kier alpha value is -2.54. The first kappa shape index (κ1) is 16.3. The lowest BCUT2D eigenvalue weighted by Crippen LogP contribution is -2.33. The summed E-state index contributed by atoms with van der Waals surface area (Å²) in [5.41, 5.74) is 9.94. The van der Waals surface area contributed by atoms with Crippen molar-refractivity contribution in [3.63, 3.8) is 0 Å². The van der Waals surface area contributed by atoms with Gasteiger partial charge in [-0.15, -0.1) is 0 Å².